The summed E-state index contributed by atoms with van der Waals surface area (Å²) in [5.41, 5.74) is 5.43. The van der Waals surface area contributed by atoms with Gasteiger partial charge in [-0.25, -0.2) is 9.78 Å². The second-order valence-electron chi connectivity index (χ2n) is 5.31. The van der Waals surface area contributed by atoms with Crippen molar-refractivity contribution >= 4 is 17.0 Å². The van der Waals surface area contributed by atoms with E-state index in [1.165, 1.54) is 7.11 Å². The first-order valence-electron chi connectivity index (χ1n) is 8.23. The maximum Gasteiger partial charge on any atom is 0.340 e. The third kappa shape index (κ3) is 2.82. The van der Waals surface area contributed by atoms with Gasteiger partial charge in [0.05, 0.1) is 31.2 Å². The molecular formula is C18H20N4O3. The number of cyclic esters (lactones) is 1. The van der Waals surface area contributed by atoms with Crippen molar-refractivity contribution in [3.63, 3.8) is 0 Å². The molecule has 0 aromatic carbocycles. The van der Waals surface area contributed by atoms with Crippen molar-refractivity contribution in [3.8, 4) is 17.3 Å². The van der Waals surface area contributed by atoms with Crippen LogP contribution in [0, 0.1) is 6.92 Å². The number of rotatable bonds is 2. The maximum absolute atomic E-state index is 12.0. The number of fused-ring (bicyclic) bond motifs is 2. The lowest BCUT2D eigenvalue weighted by atomic mass is 10.0. The summed E-state index contributed by atoms with van der Waals surface area (Å²) < 4.78 is 10.2. The lowest BCUT2D eigenvalue weighted by Crippen LogP contribution is -2.17. The Bertz CT molecular complexity index is 933. The molecule has 3 aromatic rings. The number of carbonyl (C=O) groups is 1. The molecule has 0 radical (unpaired) electrons. The molecular weight excluding hydrogens is 320 g/mol. The quantitative estimate of drug-likeness (QED) is 0.721. The minimum atomic E-state index is -0.281. The number of aromatic nitrogens is 4. The van der Waals surface area contributed by atoms with Crippen molar-refractivity contribution in [2.75, 3.05) is 13.7 Å². The molecule has 4 heterocycles. The normalized spacial score (nSPS) is 12.9. The predicted molar refractivity (Wildman–Crippen MR) is 93.7 cm³/mol. The van der Waals surface area contributed by atoms with Gasteiger partial charge < -0.3 is 14.5 Å². The number of aromatic amines is 1. The van der Waals surface area contributed by atoms with Crippen LogP contribution in [-0.2, 0) is 11.2 Å². The van der Waals surface area contributed by atoms with Crippen LogP contribution in [0.5, 0.6) is 6.01 Å². The van der Waals surface area contributed by atoms with E-state index in [0.717, 1.165) is 22.5 Å². The summed E-state index contributed by atoms with van der Waals surface area (Å²) >= 11 is 0. The Morgan fingerprint density at radius 3 is 2.80 bits per heavy atom. The van der Waals surface area contributed by atoms with Crippen molar-refractivity contribution in [1.82, 2.24) is 19.9 Å². The van der Waals surface area contributed by atoms with Crippen LogP contribution < -0.4 is 4.74 Å². The Morgan fingerprint density at radius 2 is 2.08 bits per heavy atom. The zero-order chi connectivity index (χ0) is 18.0. The highest BCUT2D eigenvalue weighted by atomic mass is 16.5. The summed E-state index contributed by atoms with van der Waals surface area (Å²) in [5, 5.41) is 0. The van der Waals surface area contributed by atoms with E-state index < -0.39 is 0 Å². The first-order valence-corrected chi connectivity index (χ1v) is 8.23. The van der Waals surface area contributed by atoms with Crippen LogP contribution in [0.15, 0.2) is 18.5 Å². The Hall–Kier alpha value is -2.96. The Balaban J connectivity index is 0.000000880. The van der Waals surface area contributed by atoms with Gasteiger partial charge in [0.25, 0.3) is 0 Å². The maximum atomic E-state index is 12.0. The second-order valence-corrected chi connectivity index (χ2v) is 5.31. The van der Waals surface area contributed by atoms with Gasteiger partial charge in [0.1, 0.15) is 11.0 Å². The summed E-state index contributed by atoms with van der Waals surface area (Å²) in [4.78, 5) is 28.1. The smallest absolute Gasteiger partial charge is 0.340 e. The minimum absolute atomic E-state index is 0.278. The fraction of sp³-hybridized carbons (Fsp3) is 0.333. The Morgan fingerprint density at radius 1 is 1.28 bits per heavy atom. The average Bonchev–Trinajstić information content (AvgIpc) is 3.00. The topological polar surface area (TPSA) is 90.0 Å². The number of carbonyl (C=O) groups excluding carboxylic acids is 1. The molecule has 1 N–H and O–H groups in total. The third-order valence-electron chi connectivity index (χ3n) is 4.03. The summed E-state index contributed by atoms with van der Waals surface area (Å²) in [7, 11) is 1.52. The monoisotopic (exact) mass is 340 g/mol. The number of methoxy groups -OCH3 is 1. The van der Waals surface area contributed by atoms with Crippen LogP contribution >= 0.6 is 0 Å². The van der Waals surface area contributed by atoms with Crippen LogP contribution in [0.2, 0.25) is 0 Å². The molecule has 0 amide bonds. The molecule has 7 heteroatoms. The number of hydrogen-bond donors (Lipinski definition) is 1. The number of nitrogens with one attached hydrogen (secondary N) is 1. The van der Waals surface area contributed by atoms with Crippen LogP contribution in [0.25, 0.3) is 22.3 Å². The van der Waals surface area contributed by atoms with Gasteiger partial charge in [-0.05, 0) is 18.6 Å². The van der Waals surface area contributed by atoms with Crippen molar-refractivity contribution in [1.29, 1.82) is 0 Å². The molecule has 0 fully saturated rings. The summed E-state index contributed by atoms with van der Waals surface area (Å²) in [6.45, 7) is 6.31. The molecule has 0 atom stereocenters. The lowest BCUT2D eigenvalue weighted by molar-refractivity contribution is 0.0478. The SMILES string of the molecule is CC.COc1ncc2nccc(-c3[nH]c4c(c3C)C(=O)OCC4)c2n1. The number of pyridine rings is 1. The zero-order valence-electron chi connectivity index (χ0n) is 14.7. The van der Waals surface area contributed by atoms with Gasteiger partial charge in [-0.1, -0.05) is 13.8 Å². The zero-order valence-corrected chi connectivity index (χ0v) is 14.7. The molecule has 7 nitrogen and oxygen atoms in total. The summed E-state index contributed by atoms with van der Waals surface area (Å²) in [5.74, 6) is -0.281. The number of H-pyrrole nitrogens is 1. The lowest BCUT2D eigenvalue weighted by Gasteiger charge is -2.11. The fourth-order valence-electron chi connectivity index (χ4n) is 2.93. The first kappa shape index (κ1) is 16.9. The number of esters is 1. The molecule has 1 aliphatic heterocycles. The third-order valence-corrected chi connectivity index (χ3v) is 4.03. The van der Waals surface area contributed by atoms with E-state index in [4.69, 9.17) is 9.47 Å². The Kier molecular flexibility index (Phi) is 4.65. The van der Waals surface area contributed by atoms with Crippen LogP contribution in [0.1, 0.15) is 35.5 Å². The van der Waals surface area contributed by atoms with Crippen LogP contribution in [0.4, 0.5) is 0 Å². The summed E-state index contributed by atoms with van der Waals surface area (Å²) in [6.07, 6.45) is 4.01. The van der Waals surface area contributed by atoms with E-state index in [9.17, 15) is 4.79 Å². The molecule has 0 spiro atoms. The van der Waals surface area contributed by atoms with Crippen molar-refractivity contribution in [2.45, 2.75) is 27.2 Å². The van der Waals surface area contributed by atoms with Gasteiger partial charge in [-0.3, -0.25) is 4.98 Å². The second kappa shape index (κ2) is 6.88. The van der Waals surface area contributed by atoms with Gasteiger partial charge in [0.15, 0.2) is 0 Å². The molecule has 25 heavy (non-hydrogen) atoms. The molecule has 130 valence electrons. The van der Waals surface area contributed by atoms with Crippen molar-refractivity contribution in [3.05, 3.63) is 35.3 Å². The van der Waals surface area contributed by atoms with Gasteiger partial charge >= 0.3 is 12.0 Å². The minimum Gasteiger partial charge on any atom is -0.467 e. The fourth-order valence-corrected chi connectivity index (χ4v) is 2.93. The molecule has 0 bridgehead atoms. The van der Waals surface area contributed by atoms with E-state index >= 15 is 0 Å². The van der Waals surface area contributed by atoms with E-state index in [2.05, 4.69) is 19.9 Å². The number of nitrogens with zero attached hydrogens (tertiary/aromatic N) is 3. The highest BCUT2D eigenvalue weighted by Crippen LogP contribution is 2.33. The molecule has 0 aliphatic carbocycles. The van der Waals surface area contributed by atoms with Gasteiger partial charge in [0, 0.05) is 23.9 Å². The van der Waals surface area contributed by atoms with E-state index in [-0.39, 0.29) is 12.0 Å². The number of ether oxygens (including phenoxy) is 2. The molecule has 3 aromatic heterocycles. The van der Waals surface area contributed by atoms with Gasteiger partial charge in [0.2, 0.25) is 0 Å². The molecule has 4 rings (SSSR count). The predicted octanol–water partition coefficient (Wildman–Crippen LogP) is 3.08. The molecule has 0 saturated carbocycles. The molecule has 0 saturated heterocycles. The number of hydrogen-bond acceptors (Lipinski definition) is 6. The van der Waals surface area contributed by atoms with Crippen molar-refractivity contribution < 1.29 is 14.3 Å². The standard InChI is InChI=1S/C16H14N4O3.C2H6/c1-8-12-10(4-6-23-15(12)21)19-13(8)9-3-5-17-11-7-18-16(22-2)20-14(9)11;1-2/h3,5,7,19H,4,6H2,1-2H3;1-2H3. The van der Waals surface area contributed by atoms with E-state index in [1.807, 2.05) is 26.8 Å². The molecule has 1 aliphatic rings. The van der Waals surface area contributed by atoms with E-state index in [1.54, 1.807) is 12.4 Å². The molecule has 0 unspecified atom stereocenters. The van der Waals surface area contributed by atoms with Crippen molar-refractivity contribution in [2.24, 2.45) is 0 Å². The largest absolute Gasteiger partial charge is 0.467 e. The van der Waals surface area contributed by atoms with Gasteiger partial charge in [-0.2, -0.15) is 4.98 Å². The van der Waals surface area contributed by atoms with E-state index in [0.29, 0.717) is 29.6 Å². The highest BCUT2D eigenvalue weighted by Gasteiger charge is 2.26. The van der Waals surface area contributed by atoms with Crippen LogP contribution in [0.3, 0.4) is 0 Å². The highest BCUT2D eigenvalue weighted by molar-refractivity contribution is 5.98. The average molecular weight is 340 g/mol. The summed E-state index contributed by atoms with van der Waals surface area (Å²) in [6, 6.07) is 2.14. The van der Waals surface area contributed by atoms with Gasteiger partial charge in [-0.15, -0.1) is 0 Å². The Labute approximate surface area is 145 Å². The van der Waals surface area contributed by atoms with Crippen LogP contribution in [-0.4, -0.2) is 39.6 Å². The first-order chi connectivity index (χ1) is 12.2.